The van der Waals surface area contributed by atoms with Gasteiger partial charge in [0.05, 0.1) is 23.4 Å². The molecule has 0 spiro atoms. The van der Waals surface area contributed by atoms with Crippen molar-refractivity contribution in [1.29, 1.82) is 0 Å². The molecule has 1 N–H and O–H groups in total. The van der Waals surface area contributed by atoms with Crippen LogP contribution in [0.3, 0.4) is 0 Å². The van der Waals surface area contributed by atoms with Crippen molar-refractivity contribution in [3.05, 3.63) is 89.7 Å². The Morgan fingerprint density at radius 3 is 2.11 bits per heavy atom. The fourth-order valence-electron chi connectivity index (χ4n) is 4.03. The summed E-state index contributed by atoms with van der Waals surface area (Å²) < 4.78 is 89.1. The van der Waals surface area contributed by atoms with E-state index in [0.717, 1.165) is 12.1 Å². The van der Waals surface area contributed by atoms with Crippen molar-refractivity contribution in [3.63, 3.8) is 0 Å². The topological polar surface area (TPSA) is 47.3 Å². The van der Waals surface area contributed by atoms with Gasteiger partial charge in [-0.25, -0.2) is 4.98 Å². The van der Waals surface area contributed by atoms with Gasteiger partial charge in [0.15, 0.2) is 0 Å². The SMILES string of the molecule is CCOc1ccc(-c2cccc(-n3cc(C(C)(C)O)nc3-c3ccccc3C(F)(F)F)c2)cc1C(F)(F)F. The molecule has 0 aliphatic carbocycles. The highest BCUT2D eigenvalue weighted by atomic mass is 19.4. The third-order valence-corrected chi connectivity index (χ3v) is 5.85. The van der Waals surface area contributed by atoms with Gasteiger partial charge in [-0.3, -0.25) is 4.57 Å². The lowest BCUT2D eigenvalue weighted by Gasteiger charge is -2.16. The van der Waals surface area contributed by atoms with Gasteiger partial charge in [-0.15, -0.1) is 0 Å². The molecular formula is C28H24F6N2O2. The minimum absolute atomic E-state index is 0.0598. The number of aromatic nitrogens is 2. The van der Waals surface area contributed by atoms with Gasteiger partial charge in [0.1, 0.15) is 17.2 Å². The molecule has 4 rings (SSSR count). The summed E-state index contributed by atoms with van der Waals surface area (Å²) >= 11 is 0. The molecule has 0 amide bonds. The predicted octanol–water partition coefficient (Wildman–Crippen LogP) is 7.87. The highest BCUT2D eigenvalue weighted by molar-refractivity contribution is 5.70. The normalized spacial score (nSPS) is 12.6. The van der Waals surface area contributed by atoms with Crippen LogP contribution in [-0.4, -0.2) is 21.3 Å². The number of rotatable bonds is 6. The average Bonchev–Trinajstić information content (AvgIpc) is 3.30. The van der Waals surface area contributed by atoms with E-state index in [2.05, 4.69) is 4.98 Å². The molecule has 0 saturated heterocycles. The number of imidazole rings is 1. The van der Waals surface area contributed by atoms with Gasteiger partial charge in [-0.2, -0.15) is 26.3 Å². The Balaban J connectivity index is 1.90. The Morgan fingerprint density at radius 1 is 0.816 bits per heavy atom. The zero-order valence-corrected chi connectivity index (χ0v) is 20.7. The second-order valence-corrected chi connectivity index (χ2v) is 9.11. The Hall–Kier alpha value is -3.79. The van der Waals surface area contributed by atoms with E-state index < -0.39 is 29.1 Å². The van der Waals surface area contributed by atoms with E-state index >= 15 is 0 Å². The minimum atomic E-state index is -4.67. The lowest BCUT2D eigenvalue weighted by molar-refractivity contribution is -0.139. The van der Waals surface area contributed by atoms with Gasteiger partial charge in [0, 0.05) is 17.4 Å². The van der Waals surface area contributed by atoms with Crippen molar-refractivity contribution in [2.24, 2.45) is 0 Å². The van der Waals surface area contributed by atoms with Crippen LogP contribution in [0.2, 0.25) is 0 Å². The fourth-order valence-corrected chi connectivity index (χ4v) is 4.03. The fraction of sp³-hybridized carbons (Fsp3) is 0.250. The number of ether oxygens (including phenoxy) is 1. The van der Waals surface area contributed by atoms with Crippen LogP contribution in [0.4, 0.5) is 26.3 Å². The number of hydrogen-bond donors (Lipinski definition) is 1. The second kappa shape index (κ2) is 9.83. The molecular weight excluding hydrogens is 510 g/mol. The van der Waals surface area contributed by atoms with Crippen LogP contribution in [0.5, 0.6) is 5.75 Å². The molecule has 10 heteroatoms. The predicted molar refractivity (Wildman–Crippen MR) is 131 cm³/mol. The lowest BCUT2D eigenvalue weighted by atomic mass is 10.0. The Morgan fingerprint density at radius 2 is 1.47 bits per heavy atom. The van der Waals surface area contributed by atoms with Gasteiger partial charge in [-0.1, -0.05) is 36.4 Å². The summed E-state index contributed by atoms with van der Waals surface area (Å²) in [5.74, 6) is -0.370. The van der Waals surface area contributed by atoms with Crippen molar-refractivity contribution in [2.45, 2.75) is 38.7 Å². The first-order valence-electron chi connectivity index (χ1n) is 11.6. The third-order valence-electron chi connectivity index (χ3n) is 5.85. The lowest BCUT2D eigenvalue weighted by Crippen LogP contribution is -2.15. The summed E-state index contributed by atoms with van der Waals surface area (Å²) in [6, 6.07) is 14.9. The van der Waals surface area contributed by atoms with E-state index in [9.17, 15) is 31.4 Å². The second-order valence-electron chi connectivity index (χ2n) is 9.11. The number of benzene rings is 3. The maximum absolute atomic E-state index is 13.8. The van der Waals surface area contributed by atoms with Crippen LogP contribution in [0.1, 0.15) is 37.6 Å². The average molecular weight is 535 g/mol. The molecule has 0 saturated carbocycles. The molecule has 200 valence electrons. The molecule has 0 atom stereocenters. The van der Waals surface area contributed by atoms with Gasteiger partial charge in [-0.05, 0) is 62.2 Å². The molecule has 38 heavy (non-hydrogen) atoms. The molecule has 0 unspecified atom stereocenters. The van der Waals surface area contributed by atoms with E-state index in [4.69, 9.17) is 4.74 Å². The van der Waals surface area contributed by atoms with Crippen LogP contribution in [0.25, 0.3) is 28.2 Å². The van der Waals surface area contributed by atoms with Gasteiger partial charge >= 0.3 is 12.4 Å². The molecule has 1 heterocycles. The molecule has 0 aliphatic rings. The molecule has 1 aromatic heterocycles. The first-order chi connectivity index (χ1) is 17.7. The van der Waals surface area contributed by atoms with Crippen LogP contribution in [0, 0.1) is 0 Å². The summed E-state index contributed by atoms with van der Waals surface area (Å²) in [7, 11) is 0. The standard InChI is InChI=1S/C28H24F6N2O2/c1-4-38-23-13-12-18(15-22(23)28(32,33)34)17-8-7-9-19(14-17)36-16-24(26(2,3)37)35-25(36)20-10-5-6-11-21(20)27(29,30)31/h5-16,37H,4H2,1-3H3. The van der Waals surface area contributed by atoms with Crippen molar-refractivity contribution < 1.29 is 36.2 Å². The zero-order valence-electron chi connectivity index (χ0n) is 20.7. The third kappa shape index (κ3) is 5.55. The van der Waals surface area contributed by atoms with E-state index in [1.165, 1.54) is 54.9 Å². The maximum Gasteiger partial charge on any atom is 0.419 e. The number of aliphatic hydroxyl groups is 1. The van der Waals surface area contributed by atoms with Crippen LogP contribution >= 0.6 is 0 Å². The molecule has 4 nitrogen and oxygen atoms in total. The van der Waals surface area contributed by atoms with E-state index in [0.29, 0.717) is 11.3 Å². The largest absolute Gasteiger partial charge is 0.493 e. The number of nitrogens with zero attached hydrogens (tertiary/aromatic N) is 2. The Kier molecular flexibility index (Phi) is 7.05. The summed E-state index contributed by atoms with van der Waals surface area (Å²) in [5, 5.41) is 10.5. The number of alkyl halides is 6. The maximum atomic E-state index is 13.8. The molecule has 0 fully saturated rings. The molecule has 4 aromatic rings. The summed E-state index contributed by atoms with van der Waals surface area (Å²) in [5.41, 5.74) is -2.42. The zero-order chi connectivity index (χ0) is 27.9. The first-order valence-corrected chi connectivity index (χ1v) is 11.6. The van der Waals surface area contributed by atoms with Gasteiger partial charge in [0.2, 0.25) is 0 Å². The van der Waals surface area contributed by atoms with E-state index in [1.807, 2.05) is 0 Å². The monoisotopic (exact) mass is 534 g/mol. The van der Waals surface area contributed by atoms with Gasteiger partial charge < -0.3 is 9.84 Å². The van der Waals surface area contributed by atoms with Gasteiger partial charge in [0.25, 0.3) is 0 Å². The molecule has 0 radical (unpaired) electrons. The van der Waals surface area contributed by atoms with E-state index in [-0.39, 0.29) is 35.0 Å². The summed E-state index contributed by atoms with van der Waals surface area (Å²) in [6.07, 6.45) is -7.90. The Labute approximate surface area is 215 Å². The molecule has 0 bridgehead atoms. The van der Waals surface area contributed by atoms with Crippen LogP contribution in [-0.2, 0) is 18.0 Å². The highest BCUT2D eigenvalue weighted by Crippen LogP contribution is 2.40. The van der Waals surface area contributed by atoms with Crippen LogP contribution < -0.4 is 4.74 Å². The molecule has 0 aliphatic heterocycles. The quantitative estimate of drug-likeness (QED) is 0.256. The van der Waals surface area contributed by atoms with Crippen molar-refractivity contribution >= 4 is 0 Å². The van der Waals surface area contributed by atoms with Crippen molar-refractivity contribution in [1.82, 2.24) is 9.55 Å². The number of halogens is 6. The number of hydrogen-bond acceptors (Lipinski definition) is 3. The summed E-state index contributed by atoms with van der Waals surface area (Å²) in [4.78, 5) is 4.33. The highest BCUT2D eigenvalue weighted by Gasteiger charge is 2.36. The summed E-state index contributed by atoms with van der Waals surface area (Å²) in [6.45, 7) is 4.55. The van der Waals surface area contributed by atoms with Crippen molar-refractivity contribution in [2.75, 3.05) is 6.61 Å². The van der Waals surface area contributed by atoms with Crippen LogP contribution in [0.15, 0.2) is 72.9 Å². The Bertz CT molecular complexity index is 1450. The van der Waals surface area contributed by atoms with Crippen molar-refractivity contribution in [3.8, 4) is 34.0 Å². The smallest absolute Gasteiger partial charge is 0.419 e. The first kappa shape index (κ1) is 27.3. The molecule has 3 aromatic carbocycles. The van der Waals surface area contributed by atoms with E-state index in [1.54, 1.807) is 31.2 Å². The minimum Gasteiger partial charge on any atom is -0.493 e.